The molecule has 1 aromatic rings. The zero-order valence-corrected chi connectivity index (χ0v) is 18.0. The minimum Gasteiger partial charge on any atom is -0.406 e. The van der Waals surface area contributed by atoms with Gasteiger partial charge in [-0.15, -0.1) is 13.2 Å². The average Bonchev–Trinajstić information content (AvgIpc) is 2.73. The van der Waals surface area contributed by atoms with E-state index < -0.39 is 6.36 Å². The van der Waals surface area contributed by atoms with Gasteiger partial charge in [0.15, 0.2) is 0 Å². The molecule has 0 radical (unpaired) electrons. The number of benzene rings is 1. The van der Waals surface area contributed by atoms with Crippen LogP contribution in [-0.2, 0) is 0 Å². The first kappa shape index (κ1) is 21.8. The molecule has 3 fully saturated rings. The van der Waals surface area contributed by atoms with Crippen LogP contribution in [0, 0.1) is 29.6 Å². The number of fused-ring (bicyclic) bond motifs is 3. The van der Waals surface area contributed by atoms with Crippen molar-refractivity contribution in [1.82, 2.24) is 0 Å². The highest BCUT2D eigenvalue weighted by Gasteiger charge is 2.44. The molecule has 1 nitrogen and oxygen atoms in total. The number of alkyl halides is 3. The van der Waals surface area contributed by atoms with Crippen LogP contribution in [0.25, 0.3) is 0 Å². The van der Waals surface area contributed by atoms with Crippen molar-refractivity contribution in [3.8, 4) is 5.75 Å². The lowest BCUT2D eigenvalue weighted by molar-refractivity contribution is -0.274. The highest BCUT2D eigenvalue weighted by Crippen LogP contribution is 2.55. The van der Waals surface area contributed by atoms with Gasteiger partial charge in [0.25, 0.3) is 0 Å². The first-order valence-electron chi connectivity index (χ1n) is 11.9. The van der Waals surface area contributed by atoms with Crippen LogP contribution in [0.1, 0.15) is 82.6 Å². The van der Waals surface area contributed by atoms with E-state index in [1.165, 1.54) is 81.9 Å². The Morgan fingerprint density at radius 1 is 0.900 bits per heavy atom. The number of hydrogen-bond donors (Lipinski definition) is 0. The summed E-state index contributed by atoms with van der Waals surface area (Å²) >= 11 is 0. The van der Waals surface area contributed by atoms with Gasteiger partial charge in [-0.2, -0.15) is 0 Å². The third-order valence-electron chi connectivity index (χ3n) is 8.21. The predicted octanol–water partition coefficient (Wildman–Crippen LogP) is 8.27. The normalized spacial score (nSPS) is 34.4. The van der Waals surface area contributed by atoms with Crippen LogP contribution in [0.4, 0.5) is 13.2 Å². The zero-order valence-electron chi connectivity index (χ0n) is 18.0. The van der Waals surface area contributed by atoms with Crippen molar-refractivity contribution in [2.45, 2.75) is 83.4 Å². The lowest BCUT2D eigenvalue weighted by atomic mass is 9.55. The Morgan fingerprint density at radius 3 is 2.23 bits per heavy atom. The molecular formula is C26H35F3O. The minimum atomic E-state index is -4.62. The van der Waals surface area contributed by atoms with Crippen molar-refractivity contribution in [3.63, 3.8) is 0 Å². The topological polar surface area (TPSA) is 9.23 Å². The van der Waals surface area contributed by atoms with E-state index in [1.807, 2.05) is 12.1 Å². The monoisotopic (exact) mass is 420 g/mol. The maximum Gasteiger partial charge on any atom is 0.573 e. The van der Waals surface area contributed by atoms with E-state index in [1.54, 1.807) is 0 Å². The van der Waals surface area contributed by atoms with E-state index in [0.29, 0.717) is 5.92 Å². The van der Waals surface area contributed by atoms with Crippen molar-refractivity contribution in [1.29, 1.82) is 0 Å². The third-order valence-corrected chi connectivity index (χ3v) is 8.21. The fraction of sp³-hybridized carbons (Fsp3) is 0.692. The molecule has 0 N–H and O–H groups in total. The van der Waals surface area contributed by atoms with Crippen molar-refractivity contribution in [3.05, 3.63) is 42.0 Å². The molecule has 0 aromatic heterocycles. The van der Waals surface area contributed by atoms with Crippen molar-refractivity contribution in [2.75, 3.05) is 0 Å². The van der Waals surface area contributed by atoms with Gasteiger partial charge in [0.1, 0.15) is 5.75 Å². The molecular weight excluding hydrogens is 385 g/mol. The second-order valence-electron chi connectivity index (χ2n) is 9.88. The number of halogens is 3. The summed E-state index contributed by atoms with van der Waals surface area (Å²) < 4.78 is 41.2. The Hall–Kier alpha value is -1.45. The van der Waals surface area contributed by atoms with Gasteiger partial charge in [0.2, 0.25) is 0 Å². The van der Waals surface area contributed by atoms with Crippen LogP contribution in [0.15, 0.2) is 36.4 Å². The van der Waals surface area contributed by atoms with E-state index in [-0.39, 0.29) is 5.75 Å². The molecule has 0 aliphatic heterocycles. The Kier molecular flexibility index (Phi) is 6.79. The average molecular weight is 421 g/mol. The molecule has 0 saturated heterocycles. The molecule has 0 amide bonds. The quantitative estimate of drug-likeness (QED) is 0.436. The molecule has 0 heterocycles. The second-order valence-corrected chi connectivity index (χ2v) is 9.88. The van der Waals surface area contributed by atoms with E-state index in [4.69, 9.17) is 0 Å². The first-order chi connectivity index (χ1) is 14.4. The third kappa shape index (κ3) is 5.23. The molecule has 0 bridgehead atoms. The summed E-state index contributed by atoms with van der Waals surface area (Å²) in [5.74, 6) is 4.83. The van der Waals surface area contributed by atoms with Crippen molar-refractivity contribution in [2.24, 2.45) is 29.6 Å². The summed E-state index contributed by atoms with van der Waals surface area (Å²) in [6.07, 6.45) is 13.1. The molecule has 4 rings (SSSR count). The SMILES string of the molecule is C/C=C/CCC1CCC2C(CCC3CC(c4ccc(OC(F)(F)F)cc4)CCC32)C1. The van der Waals surface area contributed by atoms with Gasteiger partial charge in [-0.1, -0.05) is 30.7 Å². The van der Waals surface area contributed by atoms with Crippen LogP contribution >= 0.6 is 0 Å². The van der Waals surface area contributed by atoms with Gasteiger partial charge in [0.05, 0.1) is 0 Å². The smallest absolute Gasteiger partial charge is 0.406 e. The van der Waals surface area contributed by atoms with Gasteiger partial charge < -0.3 is 4.74 Å². The highest BCUT2D eigenvalue weighted by molar-refractivity contribution is 5.30. The molecule has 6 unspecified atom stereocenters. The molecule has 0 spiro atoms. The minimum absolute atomic E-state index is 0.119. The Labute approximate surface area is 179 Å². The summed E-state index contributed by atoms with van der Waals surface area (Å²) in [7, 11) is 0. The van der Waals surface area contributed by atoms with Crippen LogP contribution in [-0.4, -0.2) is 6.36 Å². The molecule has 1 aromatic carbocycles. The number of hydrogen-bond acceptors (Lipinski definition) is 1. The van der Waals surface area contributed by atoms with Gasteiger partial charge >= 0.3 is 6.36 Å². The Bertz CT molecular complexity index is 708. The van der Waals surface area contributed by atoms with E-state index in [9.17, 15) is 13.2 Å². The van der Waals surface area contributed by atoms with E-state index in [2.05, 4.69) is 23.8 Å². The number of rotatable bonds is 5. The largest absolute Gasteiger partial charge is 0.573 e. The molecule has 166 valence electrons. The summed E-state index contributed by atoms with van der Waals surface area (Å²) in [5, 5.41) is 0. The summed E-state index contributed by atoms with van der Waals surface area (Å²) in [5.41, 5.74) is 1.18. The van der Waals surface area contributed by atoms with Crippen molar-refractivity contribution < 1.29 is 17.9 Å². The molecule has 3 aliphatic carbocycles. The van der Waals surface area contributed by atoms with Gasteiger partial charge in [-0.05, 0) is 118 Å². The van der Waals surface area contributed by atoms with Crippen LogP contribution < -0.4 is 4.74 Å². The fourth-order valence-corrected chi connectivity index (χ4v) is 6.90. The standard InChI is InChI=1S/C26H35F3O/c1-2-3-4-5-18-6-14-24-21(16-18)7-8-22-17-20(11-15-25(22)24)19-9-12-23(13-10-19)30-26(27,28)29/h2-3,9-10,12-13,18,20-22,24-25H,4-8,11,14-17H2,1H3/b3-2+. The lowest BCUT2D eigenvalue weighted by Crippen LogP contribution is -2.41. The lowest BCUT2D eigenvalue weighted by Gasteiger charge is -2.51. The summed E-state index contributed by atoms with van der Waals surface area (Å²) in [4.78, 5) is 0. The van der Waals surface area contributed by atoms with Crippen molar-refractivity contribution >= 4 is 0 Å². The highest BCUT2D eigenvalue weighted by atomic mass is 19.4. The molecule has 4 heteroatoms. The summed E-state index contributed by atoms with van der Waals surface area (Å²) in [6.45, 7) is 2.11. The number of ether oxygens (including phenoxy) is 1. The Morgan fingerprint density at radius 2 is 1.57 bits per heavy atom. The molecule has 3 aliphatic rings. The molecule has 30 heavy (non-hydrogen) atoms. The predicted molar refractivity (Wildman–Crippen MR) is 114 cm³/mol. The number of allylic oxidation sites excluding steroid dienone is 2. The first-order valence-corrected chi connectivity index (χ1v) is 11.9. The van der Waals surface area contributed by atoms with E-state index >= 15 is 0 Å². The zero-order chi connectivity index (χ0) is 21.1. The second kappa shape index (κ2) is 9.36. The fourth-order valence-electron chi connectivity index (χ4n) is 6.90. The van der Waals surface area contributed by atoms with Gasteiger partial charge in [-0.3, -0.25) is 0 Å². The maximum absolute atomic E-state index is 12.4. The molecule has 6 atom stereocenters. The summed E-state index contributed by atoms with van der Waals surface area (Å²) in [6, 6.07) is 6.63. The van der Waals surface area contributed by atoms with Crippen LogP contribution in [0.2, 0.25) is 0 Å². The molecule has 3 saturated carbocycles. The van der Waals surface area contributed by atoms with Crippen LogP contribution in [0.3, 0.4) is 0 Å². The van der Waals surface area contributed by atoms with Gasteiger partial charge in [0, 0.05) is 0 Å². The van der Waals surface area contributed by atoms with Gasteiger partial charge in [-0.25, -0.2) is 0 Å². The van der Waals surface area contributed by atoms with Crippen LogP contribution in [0.5, 0.6) is 5.75 Å². The Balaban J connectivity index is 1.32. The van der Waals surface area contributed by atoms with E-state index in [0.717, 1.165) is 29.6 Å². The maximum atomic E-state index is 12.4.